The Balaban J connectivity index is 2.13. The minimum Gasteiger partial charge on any atom is -0.319 e. The van der Waals surface area contributed by atoms with Crippen LogP contribution in [0.2, 0.25) is 0 Å². The topological polar surface area (TPSA) is 12.0 Å². The molecule has 17 heavy (non-hydrogen) atoms. The number of rotatable bonds is 6. The van der Waals surface area contributed by atoms with Gasteiger partial charge in [0.15, 0.2) is 5.13 Å². The van der Waals surface area contributed by atoms with Crippen molar-refractivity contribution in [2.45, 2.75) is 45.4 Å². The summed E-state index contributed by atoms with van der Waals surface area (Å²) >= 11 is 1.37. The van der Waals surface area contributed by atoms with Gasteiger partial charge in [0.05, 0.1) is 0 Å². The van der Waals surface area contributed by atoms with E-state index in [9.17, 15) is 4.39 Å². The highest BCUT2D eigenvalue weighted by Gasteiger charge is 2.24. The zero-order valence-electron chi connectivity index (χ0n) is 11.0. The molecule has 1 nitrogen and oxygen atoms in total. The van der Waals surface area contributed by atoms with Gasteiger partial charge in [0.2, 0.25) is 0 Å². The van der Waals surface area contributed by atoms with Crippen molar-refractivity contribution >= 4 is 11.3 Å². The standard InChI is InChI=1S/C14H22FNS/c1-9(8-16-3)13-10(2)14(15)17-12(13)7-6-11-4-5-11/h9,11,16H,4-8H2,1-3H3/t9-/m1/s1. The Morgan fingerprint density at radius 2 is 2.18 bits per heavy atom. The van der Waals surface area contributed by atoms with E-state index in [0.717, 1.165) is 24.4 Å². The Morgan fingerprint density at radius 3 is 2.76 bits per heavy atom. The zero-order chi connectivity index (χ0) is 12.4. The molecule has 0 saturated heterocycles. The van der Waals surface area contributed by atoms with Gasteiger partial charge in [-0.3, -0.25) is 0 Å². The van der Waals surface area contributed by atoms with Crippen molar-refractivity contribution in [1.82, 2.24) is 5.32 Å². The summed E-state index contributed by atoms with van der Waals surface area (Å²) in [4.78, 5) is 1.29. The normalized spacial score (nSPS) is 17.4. The lowest BCUT2D eigenvalue weighted by Crippen LogP contribution is -2.16. The molecule has 0 spiro atoms. The van der Waals surface area contributed by atoms with Crippen LogP contribution < -0.4 is 5.32 Å². The number of hydrogen-bond donors (Lipinski definition) is 1. The molecule has 1 aromatic heterocycles. The largest absolute Gasteiger partial charge is 0.319 e. The summed E-state index contributed by atoms with van der Waals surface area (Å²) in [7, 11) is 1.96. The molecule has 0 aromatic carbocycles. The quantitative estimate of drug-likeness (QED) is 0.814. The van der Waals surface area contributed by atoms with E-state index in [-0.39, 0.29) is 5.13 Å². The van der Waals surface area contributed by atoms with Gasteiger partial charge in [-0.2, -0.15) is 4.39 Å². The number of likely N-dealkylation sites (N-methyl/N-ethyl adjacent to an activating group) is 1. The van der Waals surface area contributed by atoms with Crippen LogP contribution in [0.1, 0.15) is 48.1 Å². The van der Waals surface area contributed by atoms with Gasteiger partial charge in [-0.25, -0.2) is 0 Å². The molecule has 0 amide bonds. The van der Waals surface area contributed by atoms with E-state index in [1.807, 2.05) is 14.0 Å². The number of thiophene rings is 1. The van der Waals surface area contributed by atoms with E-state index in [1.165, 1.54) is 41.0 Å². The fourth-order valence-corrected chi connectivity index (χ4v) is 3.70. The summed E-state index contributed by atoms with van der Waals surface area (Å²) in [6, 6.07) is 0. The van der Waals surface area contributed by atoms with Crippen LogP contribution in [-0.4, -0.2) is 13.6 Å². The number of aryl methyl sites for hydroxylation is 1. The van der Waals surface area contributed by atoms with Crippen LogP contribution in [0.5, 0.6) is 0 Å². The number of halogens is 1. The molecule has 1 heterocycles. The molecule has 2 rings (SSSR count). The van der Waals surface area contributed by atoms with E-state index in [2.05, 4.69) is 12.2 Å². The Hall–Kier alpha value is -0.410. The molecular weight excluding hydrogens is 233 g/mol. The highest BCUT2D eigenvalue weighted by atomic mass is 32.1. The van der Waals surface area contributed by atoms with Crippen LogP contribution in [-0.2, 0) is 6.42 Å². The first kappa shape index (κ1) is 13.0. The molecule has 0 unspecified atom stereocenters. The maximum absolute atomic E-state index is 13.7. The summed E-state index contributed by atoms with van der Waals surface area (Å²) < 4.78 is 13.7. The second kappa shape index (κ2) is 5.49. The third-order valence-electron chi connectivity index (χ3n) is 3.69. The molecular formula is C14H22FNS. The lowest BCUT2D eigenvalue weighted by molar-refractivity contribution is 0.632. The van der Waals surface area contributed by atoms with Crippen LogP contribution in [0.4, 0.5) is 4.39 Å². The average Bonchev–Trinajstić information content (AvgIpc) is 3.05. The van der Waals surface area contributed by atoms with E-state index < -0.39 is 0 Å². The molecule has 1 fully saturated rings. The maximum Gasteiger partial charge on any atom is 0.179 e. The minimum atomic E-state index is 0.0220. The van der Waals surface area contributed by atoms with Crippen molar-refractivity contribution in [2.75, 3.05) is 13.6 Å². The number of hydrogen-bond acceptors (Lipinski definition) is 2. The smallest absolute Gasteiger partial charge is 0.179 e. The Morgan fingerprint density at radius 1 is 1.47 bits per heavy atom. The fraction of sp³-hybridized carbons (Fsp3) is 0.714. The van der Waals surface area contributed by atoms with Crippen LogP contribution >= 0.6 is 11.3 Å². The second-order valence-electron chi connectivity index (χ2n) is 5.28. The second-order valence-corrected chi connectivity index (χ2v) is 6.33. The first-order chi connectivity index (χ1) is 8.13. The third kappa shape index (κ3) is 3.08. The van der Waals surface area contributed by atoms with E-state index in [1.54, 1.807) is 0 Å². The molecule has 0 radical (unpaired) electrons. The molecule has 0 bridgehead atoms. The van der Waals surface area contributed by atoms with Crippen LogP contribution in [0.25, 0.3) is 0 Å². The zero-order valence-corrected chi connectivity index (χ0v) is 11.8. The molecule has 1 aliphatic rings. The van der Waals surface area contributed by atoms with Crippen molar-refractivity contribution < 1.29 is 4.39 Å². The molecule has 96 valence electrons. The average molecular weight is 255 g/mol. The molecule has 1 atom stereocenters. The van der Waals surface area contributed by atoms with Gasteiger partial charge >= 0.3 is 0 Å². The van der Waals surface area contributed by atoms with Crippen LogP contribution in [0, 0.1) is 18.0 Å². The third-order valence-corrected chi connectivity index (χ3v) is 4.85. The van der Waals surface area contributed by atoms with Gasteiger partial charge in [0.1, 0.15) is 0 Å². The molecule has 1 aliphatic carbocycles. The Bertz CT molecular complexity index is 382. The highest BCUT2D eigenvalue weighted by Crippen LogP contribution is 2.38. The van der Waals surface area contributed by atoms with Gasteiger partial charge in [-0.1, -0.05) is 19.8 Å². The van der Waals surface area contributed by atoms with Crippen molar-refractivity contribution in [3.63, 3.8) is 0 Å². The monoisotopic (exact) mass is 255 g/mol. The summed E-state index contributed by atoms with van der Waals surface area (Å²) in [6.07, 6.45) is 5.09. The van der Waals surface area contributed by atoms with Gasteiger partial charge in [0.25, 0.3) is 0 Å². The SMILES string of the molecule is CNC[C@@H](C)c1c(CCC2CC2)sc(F)c1C. The first-order valence-electron chi connectivity index (χ1n) is 6.55. The van der Waals surface area contributed by atoms with Crippen LogP contribution in [0.15, 0.2) is 0 Å². The van der Waals surface area contributed by atoms with Gasteiger partial charge in [0, 0.05) is 11.4 Å². The lowest BCUT2D eigenvalue weighted by Gasteiger charge is -2.13. The van der Waals surface area contributed by atoms with Crippen molar-refractivity contribution in [3.8, 4) is 0 Å². The molecule has 0 aliphatic heterocycles. The predicted octanol–water partition coefficient (Wildman–Crippen LogP) is 3.86. The van der Waals surface area contributed by atoms with E-state index in [4.69, 9.17) is 0 Å². The highest BCUT2D eigenvalue weighted by molar-refractivity contribution is 7.10. The molecule has 3 heteroatoms. The molecule has 1 N–H and O–H groups in total. The number of nitrogens with one attached hydrogen (secondary N) is 1. The van der Waals surface area contributed by atoms with Crippen molar-refractivity contribution in [2.24, 2.45) is 5.92 Å². The van der Waals surface area contributed by atoms with Crippen molar-refractivity contribution in [1.29, 1.82) is 0 Å². The van der Waals surface area contributed by atoms with E-state index in [0.29, 0.717) is 5.92 Å². The molecule has 1 aromatic rings. The van der Waals surface area contributed by atoms with Crippen LogP contribution in [0.3, 0.4) is 0 Å². The van der Waals surface area contributed by atoms with Gasteiger partial charge in [-0.15, -0.1) is 11.3 Å². The van der Waals surface area contributed by atoms with Gasteiger partial charge < -0.3 is 5.32 Å². The van der Waals surface area contributed by atoms with Crippen molar-refractivity contribution in [3.05, 3.63) is 21.1 Å². The first-order valence-corrected chi connectivity index (χ1v) is 7.37. The minimum absolute atomic E-state index is 0.0220. The predicted molar refractivity (Wildman–Crippen MR) is 72.4 cm³/mol. The lowest BCUT2D eigenvalue weighted by atomic mass is 9.96. The summed E-state index contributed by atoms with van der Waals surface area (Å²) in [6.45, 7) is 5.03. The fourth-order valence-electron chi connectivity index (χ4n) is 2.53. The van der Waals surface area contributed by atoms with E-state index >= 15 is 0 Å². The Labute approximate surface area is 107 Å². The summed E-state index contributed by atoms with van der Waals surface area (Å²) in [5.74, 6) is 1.34. The summed E-state index contributed by atoms with van der Waals surface area (Å²) in [5.41, 5.74) is 2.14. The maximum atomic E-state index is 13.7. The summed E-state index contributed by atoms with van der Waals surface area (Å²) in [5, 5.41) is 3.21. The Kier molecular flexibility index (Phi) is 4.21. The van der Waals surface area contributed by atoms with Gasteiger partial charge in [-0.05, 0) is 49.8 Å². The molecule has 1 saturated carbocycles.